The third kappa shape index (κ3) is 6.23. The SMILES string of the molecule is CCOc1ccccc1NC(=O)COc1ccc(S(=O)(=O)Nc2cccc(C)c2)cc1. The van der Waals surface area contributed by atoms with E-state index in [0.717, 1.165) is 5.56 Å². The van der Waals surface area contributed by atoms with Crippen molar-refractivity contribution in [2.24, 2.45) is 0 Å². The molecular weight excluding hydrogens is 416 g/mol. The highest BCUT2D eigenvalue weighted by atomic mass is 32.2. The molecule has 3 aromatic carbocycles. The van der Waals surface area contributed by atoms with Gasteiger partial charge in [-0.15, -0.1) is 0 Å². The average molecular weight is 441 g/mol. The number of hydrogen-bond acceptors (Lipinski definition) is 5. The fourth-order valence-electron chi connectivity index (χ4n) is 2.82. The minimum Gasteiger partial charge on any atom is -0.492 e. The number of anilines is 2. The first-order chi connectivity index (χ1) is 14.9. The molecule has 0 aliphatic heterocycles. The van der Waals surface area contributed by atoms with Gasteiger partial charge < -0.3 is 14.8 Å². The molecule has 8 heteroatoms. The van der Waals surface area contributed by atoms with E-state index >= 15 is 0 Å². The number of aryl methyl sites for hydroxylation is 1. The van der Waals surface area contributed by atoms with Crippen molar-refractivity contribution >= 4 is 27.3 Å². The summed E-state index contributed by atoms with van der Waals surface area (Å²) in [7, 11) is -3.73. The number of carbonyl (C=O) groups excluding carboxylic acids is 1. The van der Waals surface area contributed by atoms with Crippen LogP contribution in [0.2, 0.25) is 0 Å². The summed E-state index contributed by atoms with van der Waals surface area (Å²) in [5.74, 6) is 0.599. The van der Waals surface area contributed by atoms with E-state index in [4.69, 9.17) is 9.47 Å². The van der Waals surface area contributed by atoms with Crippen LogP contribution in [0.25, 0.3) is 0 Å². The Morgan fingerprint density at radius 1 is 0.935 bits per heavy atom. The first kappa shape index (κ1) is 22.2. The Kier molecular flexibility index (Phi) is 7.15. The molecule has 0 fully saturated rings. The summed E-state index contributed by atoms with van der Waals surface area (Å²) in [6.07, 6.45) is 0. The van der Waals surface area contributed by atoms with Gasteiger partial charge in [-0.05, 0) is 67.9 Å². The molecule has 0 aliphatic rings. The number of nitrogens with one attached hydrogen (secondary N) is 2. The van der Waals surface area contributed by atoms with Gasteiger partial charge in [-0.25, -0.2) is 8.42 Å². The maximum absolute atomic E-state index is 12.6. The molecule has 2 N–H and O–H groups in total. The molecule has 162 valence electrons. The van der Waals surface area contributed by atoms with Crippen LogP contribution in [0.3, 0.4) is 0 Å². The number of ether oxygens (including phenoxy) is 2. The van der Waals surface area contributed by atoms with E-state index in [0.29, 0.717) is 29.5 Å². The molecule has 31 heavy (non-hydrogen) atoms. The Balaban J connectivity index is 1.58. The largest absolute Gasteiger partial charge is 0.492 e. The zero-order valence-corrected chi connectivity index (χ0v) is 18.1. The quantitative estimate of drug-likeness (QED) is 0.520. The fraction of sp³-hybridized carbons (Fsp3) is 0.174. The van der Waals surface area contributed by atoms with Gasteiger partial charge in [0.2, 0.25) is 0 Å². The van der Waals surface area contributed by atoms with Gasteiger partial charge in [0.05, 0.1) is 17.2 Å². The van der Waals surface area contributed by atoms with E-state index in [9.17, 15) is 13.2 Å². The Bertz CT molecular complexity index is 1140. The minimum atomic E-state index is -3.73. The molecule has 0 atom stereocenters. The molecule has 1 amide bonds. The van der Waals surface area contributed by atoms with E-state index in [-0.39, 0.29) is 17.4 Å². The van der Waals surface area contributed by atoms with Crippen molar-refractivity contribution < 1.29 is 22.7 Å². The van der Waals surface area contributed by atoms with Gasteiger partial charge in [-0.2, -0.15) is 0 Å². The Morgan fingerprint density at radius 3 is 2.39 bits per heavy atom. The van der Waals surface area contributed by atoms with Gasteiger partial charge in [0.15, 0.2) is 6.61 Å². The van der Waals surface area contributed by atoms with Crippen molar-refractivity contribution in [1.29, 1.82) is 0 Å². The van der Waals surface area contributed by atoms with E-state index in [1.54, 1.807) is 36.4 Å². The van der Waals surface area contributed by atoms with Crippen molar-refractivity contribution in [3.63, 3.8) is 0 Å². The normalized spacial score (nSPS) is 10.9. The highest BCUT2D eigenvalue weighted by molar-refractivity contribution is 7.92. The Labute approximate surface area is 182 Å². The summed E-state index contributed by atoms with van der Waals surface area (Å²) < 4.78 is 38.6. The number of benzene rings is 3. The molecule has 0 heterocycles. The molecule has 0 saturated carbocycles. The molecule has 7 nitrogen and oxygen atoms in total. The lowest BCUT2D eigenvalue weighted by atomic mass is 10.2. The number of rotatable bonds is 9. The van der Waals surface area contributed by atoms with Gasteiger partial charge >= 0.3 is 0 Å². The van der Waals surface area contributed by atoms with Crippen molar-refractivity contribution in [2.75, 3.05) is 23.3 Å². The minimum absolute atomic E-state index is 0.0939. The van der Waals surface area contributed by atoms with Crippen LogP contribution in [0.15, 0.2) is 77.7 Å². The van der Waals surface area contributed by atoms with Crippen LogP contribution in [0.1, 0.15) is 12.5 Å². The fourth-order valence-corrected chi connectivity index (χ4v) is 3.87. The van der Waals surface area contributed by atoms with E-state index in [1.807, 2.05) is 26.0 Å². The summed E-state index contributed by atoms with van der Waals surface area (Å²) >= 11 is 0. The van der Waals surface area contributed by atoms with Crippen molar-refractivity contribution in [2.45, 2.75) is 18.7 Å². The third-order valence-corrected chi connectivity index (χ3v) is 5.63. The molecule has 0 radical (unpaired) electrons. The van der Waals surface area contributed by atoms with E-state index in [1.165, 1.54) is 24.3 Å². The van der Waals surface area contributed by atoms with Crippen LogP contribution in [-0.4, -0.2) is 27.5 Å². The molecule has 0 unspecified atom stereocenters. The van der Waals surface area contributed by atoms with Crippen molar-refractivity contribution in [1.82, 2.24) is 0 Å². The lowest BCUT2D eigenvalue weighted by Crippen LogP contribution is -2.20. The molecule has 0 spiro atoms. The third-order valence-electron chi connectivity index (χ3n) is 4.24. The summed E-state index contributed by atoms with van der Waals surface area (Å²) in [6, 6.07) is 20.1. The molecule has 0 saturated heterocycles. The molecular formula is C23H24N2O5S. The second-order valence-electron chi connectivity index (χ2n) is 6.71. The molecule has 0 bridgehead atoms. The average Bonchev–Trinajstić information content (AvgIpc) is 2.74. The van der Waals surface area contributed by atoms with Crippen LogP contribution < -0.4 is 19.5 Å². The summed E-state index contributed by atoms with van der Waals surface area (Å²) in [5, 5.41) is 2.74. The first-order valence-corrected chi connectivity index (χ1v) is 11.2. The monoisotopic (exact) mass is 440 g/mol. The standard InChI is InChI=1S/C23H24N2O5S/c1-3-29-22-10-5-4-9-21(22)24-23(26)16-30-19-11-13-20(14-12-19)31(27,28)25-18-8-6-7-17(2)15-18/h4-15,25H,3,16H2,1-2H3,(H,24,26). The molecule has 0 aliphatic carbocycles. The second kappa shape index (κ2) is 9.99. The van der Waals surface area contributed by atoms with E-state index < -0.39 is 10.0 Å². The van der Waals surface area contributed by atoms with E-state index in [2.05, 4.69) is 10.0 Å². The molecule has 0 aromatic heterocycles. The van der Waals surface area contributed by atoms with Crippen molar-refractivity contribution in [3.05, 3.63) is 78.4 Å². The summed E-state index contributed by atoms with van der Waals surface area (Å²) in [5.41, 5.74) is 2.00. The van der Waals surface area contributed by atoms with Gasteiger partial charge in [0.1, 0.15) is 11.5 Å². The van der Waals surface area contributed by atoms with Crippen LogP contribution in [0.4, 0.5) is 11.4 Å². The zero-order chi connectivity index (χ0) is 22.3. The lowest BCUT2D eigenvalue weighted by Gasteiger charge is -2.12. The smallest absolute Gasteiger partial charge is 0.262 e. The second-order valence-corrected chi connectivity index (χ2v) is 8.39. The number of para-hydroxylation sites is 2. The van der Waals surface area contributed by atoms with Crippen molar-refractivity contribution in [3.8, 4) is 11.5 Å². The maximum atomic E-state index is 12.6. The van der Waals surface area contributed by atoms with Gasteiger partial charge in [-0.1, -0.05) is 24.3 Å². The number of sulfonamides is 1. The lowest BCUT2D eigenvalue weighted by molar-refractivity contribution is -0.118. The molecule has 3 aromatic rings. The highest BCUT2D eigenvalue weighted by Gasteiger charge is 2.15. The summed E-state index contributed by atoms with van der Waals surface area (Å²) in [4.78, 5) is 12.3. The maximum Gasteiger partial charge on any atom is 0.262 e. The first-order valence-electron chi connectivity index (χ1n) is 9.71. The van der Waals surface area contributed by atoms with Gasteiger partial charge in [0, 0.05) is 5.69 Å². The molecule has 3 rings (SSSR count). The predicted molar refractivity (Wildman–Crippen MR) is 120 cm³/mol. The number of hydrogen-bond donors (Lipinski definition) is 2. The predicted octanol–water partition coefficient (Wildman–Crippen LogP) is 4.21. The number of amides is 1. The summed E-state index contributed by atoms with van der Waals surface area (Å²) in [6.45, 7) is 4.00. The van der Waals surface area contributed by atoms with Crippen LogP contribution in [0.5, 0.6) is 11.5 Å². The zero-order valence-electron chi connectivity index (χ0n) is 17.3. The van der Waals surface area contributed by atoms with Gasteiger partial charge in [0.25, 0.3) is 15.9 Å². The topological polar surface area (TPSA) is 93.7 Å². The van der Waals surface area contributed by atoms with Gasteiger partial charge in [-0.3, -0.25) is 9.52 Å². The van der Waals surface area contributed by atoms with Crippen LogP contribution in [-0.2, 0) is 14.8 Å². The Morgan fingerprint density at radius 2 is 1.68 bits per heavy atom. The van der Waals surface area contributed by atoms with Crippen LogP contribution in [0, 0.1) is 6.92 Å². The Hall–Kier alpha value is -3.52. The number of carbonyl (C=O) groups is 1. The van der Waals surface area contributed by atoms with Crippen LogP contribution >= 0.6 is 0 Å². The highest BCUT2D eigenvalue weighted by Crippen LogP contribution is 2.24.